The Morgan fingerprint density at radius 1 is 1.26 bits per heavy atom. The van der Waals surface area contributed by atoms with Gasteiger partial charge in [-0.3, -0.25) is 10.1 Å². The van der Waals surface area contributed by atoms with Gasteiger partial charge >= 0.3 is 0 Å². The molecule has 4 nitrogen and oxygen atoms in total. The Kier molecular flexibility index (Phi) is 5.22. The molecule has 0 saturated heterocycles. The van der Waals surface area contributed by atoms with E-state index in [0.29, 0.717) is 10.0 Å². The molecular formula is C16H13N3OS3. The summed E-state index contributed by atoms with van der Waals surface area (Å²) in [6, 6.07) is 11.8. The molecular weight excluding hydrogens is 346 g/mol. The first-order valence-corrected chi connectivity index (χ1v) is 9.47. The number of aromatic nitrogens is 2. The minimum absolute atomic E-state index is 0.157. The third kappa shape index (κ3) is 3.87. The van der Waals surface area contributed by atoms with Crippen LogP contribution in [0.4, 0.5) is 5.13 Å². The van der Waals surface area contributed by atoms with Gasteiger partial charge in [0.2, 0.25) is 5.13 Å². The molecule has 0 spiro atoms. The molecule has 0 bridgehead atoms. The van der Waals surface area contributed by atoms with Crippen LogP contribution in [0.2, 0.25) is 0 Å². The van der Waals surface area contributed by atoms with Crippen LogP contribution in [-0.2, 0) is 0 Å². The first-order chi connectivity index (χ1) is 11.3. The molecule has 0 unspecified atom stereocenters. The minimum Gasteiger partial charge on any atom is -0.296 e. The van der Waals surface area contributed by atoms with Crippen LogP contribution in [-0.4, -0.2) is 21.9 Å². The van der Waals surface area contributed by atoms with Gasteiger partial charge < -0.3 is 0 Å². The number of anilines is 1. The largest absolute Gasteiger partial charge is 0.296 e. The molecule has 23 heavy (non-hydrogen) atoms. The predicted molar refractivity (Wildman–Crippen MR) is 98.5 cm³/mol. The Hall–Kier alpha value is -1.96. The lowest BCUT2D eigenvalue weighted by molar-refractivity contribution is 0.103. The van der Waals surface area contributed by atoms with E-state index in [4.69, 9.17) is 0 Å². The Labute approximate surface area is 146 Å². The zero-order valence-electron chi connectivity index (χ0n) is 12.1. The first kappa shape index (κ1) is 15.9. The summed E-state index contributed by atoms with van der Waals surface area (Å²) in [6.07, 6.45) is 1.81. The van der Waals surface area contributed by atoms with Gasteiger partial charge in [0.1, 0.15) is 4.88 Å². The van der Waals surface area contributed by atoms with E-state index in [1.54, 1.807) is 11.8 Å². The number of nitrogens with zero attached hydrogens (tertiary/aromatic N) is 2. The second-order valence-electron chi connectivity index (χ2n) is 4.46. The number of carbonyl (C=O) groups is 1. The van der Waals surface area contributed by atoms with Gasteiger partial charge in [0.15, 0.2) is 4.34 Å². The summed E-state index contributed by atoms with van der Waals surface area (Å²) in [5.74, 6) is 0.612. The highest BCUT2D eigenvalue weighted by atomic mass is 32.2. The molecule has 7 heteroatoms. The summed E-state index contributed by atoms with van der Waals surface area (Å²) in [7, 11) is 0. The molecule has 2 heterocycles. The van der Waals surface area contributed by atoms with Crippen molar-refractivity contribution in [1.82, 2.24) is 10.2 Å². The number of rotatable bonds is 6. The summed E-state index contributed by atoms with van der Waals surface area (Å²) >= 11 is 4.33. The van der Waals surface area contributed by atoms with E-state index in [2.05, 4.69) is 22.1 Å². The van der Waals surface area contributed by atoms with Gasteiger partial charge in [-0.15, -0.1) is 28.1 Å². The SMILES string of the molecule is C=CCSc1nnc(NC(=O)c2sccc2-c2ccccc2)s1. The van der Waals surface area contributed by atoms with Gasteiger partial charge in [0.05, 0.1) is 0 Å². The number of hydrogen-bond acceptors (Lipinski definition) is 6. The van der Waals surface area contributed by atoms with Crippen molar-refractivity contribution in [2.45, 2.75) is 4.34 Å². The molecule has 0 fully saturated rings. The molecule has 0 radical (unpaired) electrons. The highest BCUT2D eigenvalue weighted by Gasteiger charge is 2.16. The fourth-order valence-corrected chi connectivity index (χ4v) is 4.25. The van der Waals surface area contributed by atoms with Crippen molar-refractivity contribution >= 4 is 45.5 Å². The average Bonchev–Trinajstić information content (AvgIpc) is 3.23. The van der Waals surface area contributed by atoms with Crippen LogP contribution >= 0.6 is 34.4 Å². The van der Waals surface area contributed by atoms with E-state index < -0.39 is 0 Å². The minimum atomic E-state index is -0.157. The summed E-state index contributed by atoms with van der Waals surface area (Å²) in [5.41, 5.74) is 1.96. The molecule has 1 amide bonds. The number of benzene rings is 1. The molecule has 3 rings (SSSR count). The Morgan fingerprint density at radius 2 is 2.09 bits per heavy atom. The van der Waals surface area contributed by atoms with Gasteiger partial charge in [-0.25, -0.2) is 0 Å². The molecule has 0 saturated carbocycles. The van der Waals surface area contributed by atoms with Crippen molar-refractivity contribution < 1.29 is 4.79 Å². The van der Waals surface area contributed by atoms with Crippen LogP contribution in [0, 0.1) is 0 Å². The zero-order chi connectivity index (χ0) is 16.1. The quantitative estimate of drug-likeness (QED) is 0.390. The van der Waals surface area contributed by atoms with Crippen molar-refractivity contribution in [3.8, 4) is 11.1 Å². The smallest absolute Gasteiger partial charge is 0.268 e. The van der Waals surface area contributed by atoms with E-state index in [9.17, 15) is 4.79 Å². The summed E-state index contributed by atoms with van der Waals surface area (Å²) in [5, 5.41) is 13.3. The van der Waals surface area contributed by atoms with Crippen molar-refractivity contribution in [2.24, 2.45) is 0 Å². The van der Waals surface area contributed by atoms with Crippen LogP contribution in [0.5, 0.6) is 0 Å². The van der Waals surface area contributed by atoms with E-state index >= 15 is 0 Å². The summed E-state index contributed by atoms with van der Waals surface area (Å²) < 4.78 is 0.815. The molecule has 1 N–H and O–H groups in total. The maximum Gasteiger partial charge on any atom is 0.268 e. The van der Waals surface area contributed by atoms with Crippen molar-refractivity contribution in [1.29, 1.82) is 0 Å². The average molecular weight is 360 g/mol. The maximum absolute atomic E-state index is 12.5. The van der Waals surface area contributed by atoms with Crippen LogP contribution in [0.1, 0.15) is 9.67 Å². The zero-order valence-corrected chi connectivity index (χ0v) is 14.5. The molecule has 116 valence electrons. The molecule has 3 aromatic rings. The van der Waals surface area contributed by atoms with Crippen molar-refractivity contribution in [2.75, 3.05) is 11.1 Å². The molecule has 0 aliphatic carbocycles. The molecule has 1 aromatic carbocycles. The number of amides is 1. The lowest BCUT2D eigenvalue weighted by Gasteiger charge is -2.03. The monoisotopic (exact) mass is 359 g/mol. The predicted octanol–water partition coefficient (Wildman–Crippen LogP) is 4.80. The van der Waals surface area contributed by atoms with Crippen LogP contribution in [0.3, 0.4) is 0 Å². The Balaban J connectivity index is 1.76. The number of carbonyl (C=O) groups excluding carboxylic acids is 1. The first-order valence-electron chi connectivity index (χ1n) is 6.79. The van der Waals surface area contributed by atoms with Gasteiger partial charge in [0, 0.05) is 11.3 Å². The fourth-order valence-electron chi connectivity index (χ4n) is 1.93. The van der Waals surface area contributed by atoms with Crippen LogP contribution in [0.15, 0.2) is 58.8 Å². The van der Waals surface area contributed by atoms with Gasteiger partial charge in [-0.1, -0.05) is 59.5 Å². The normalized spacial score (nSPS) is 10.4. The molecule has 2 aromatic heterocycles. The summed E-state index contributed by atoms with van der Waals surface area (Å²) in [6.45, 7) is 3.67. The Morgan fingerprint density at radius 3 is 2.87 bits per heavy atom. The molecule has 0 aliphatic heterocycles. The second kappa shape index (κ2) is 7.54. The second-order valence-corrected chi connectivity index (χ2v) is 7.62. The van der Waals surface area contributed by atoms with Gasteiger partial charge in [-0.2, -0.15) is 0 Å². The molecule has 0 aliphatic rings. The lowest BCUT2D eigenvalue weighted by atomic mass is 10.1. The molecule has 0 atom stereocenters. The maximum atomic E-state index is 12.5. The standard InChI is InChI=1S/C16H13N3OS3/c1-2-9-22-16-19-18-15(23-16)17-14(20)13-12(8-10-21-13)11-6-4-3-5-7-11/h2-8,10H,1,9H2,(H,17,18,20). The van der Waals surface area contributed by atoms with Crippen LogP contribution < -0.4 is 5.32 Å². The van der Waals surface area contributed by atoms with E-state index in [1.165, 1.54) is 22.7 Å². The highest BCUT2D eigenvalue weighted by molar-refractivity contribution is 8.01. The van der Waals surface area contributed by atoms with E-state index in [0.717, 1.165) is 21.2 Å². The van der Waals surface area contributed by atoms with Crippen molar-refractivity contribution in [3.05, 3.63) is 59.3 Å². The number of thioether (sulfide) groups is 1. The fraction of sp³-hybridized carbons (Fsp3) is 0.0625. The number of hydrogen-bond donors (Lipinski definition) is 1. The summed E-state index contributed by atoms with van der Waals surface area (Å²) in [4.78, 5) is 13.2. The van der Waals surface area contributed by atoms with E-state index in [1.807, 2.05) is 47.9 Å². The van der Waals surface area contributed by atoms with Crippen molar-refractivity contribution in [3.63, 3.8) is 0 Å². The third-order valence-corrected chi connectivity index (χ3v) is 5.79. The number of nitrogens with one attached hydrogen (secondary N) is 1. The van der Waals surface area contributed by atoms with Gasteiger partial charge in [0.25, 0.3) is 5.91 Å². The third-order valence-electron chi connectivity index (χ3n) is 2.91. The van der Waals surface area contributed by atoms with Gasteiger partial charge in [-0.05, 0) is 17.0 Å². The highest BCUT2D eigenvalue weighted by Crippen LogP contribution is 2.30. The Bertz CT molecular complexity index is 811. The van der Waals surface area contributed by atoms with Crippen LogP contribution in [0.25, 0.3) is 11.1 Å². The number of thiophene rings is 1. The lowest BCUT2D eigenvalue weighted by Crippen LogP contribution is -2.11. The topological polar surface area (TPSA) is 54.9 Å². The van der Waals surface area contributed by atoms with E-state index in [-0.39, 0.29) is 5.91 Å².